The van der Waals surface area contributed by atoms with Gasteiger partial charge in [0, 0.05) is 5.25 Å². The van der Waals surface area contributed by atoms with Crippen LogP contribution in [0.15, 0.2) is 72.8 Å². The minimum atomic E-state index is -0.875. The molecular formula is C30H32O6S. The number of carboxylic acids is 1. The summed E-state index contributed by atoms with van der Waals surface area (Å²) in [5, 5.41) is 8.77. The van der Waals surface area contributed by atoms with Gasteiger partial charge in [0.2, 0.25) is 0 Å². The molecule has 0 aromatic heterocycles. The molecule has 4 rings (SSSR count). The molecule has 3 atom stereocenters. The van der Waals surface area contributed by atoms with Crippen LogP contribution in [0.4, 0.5) is 0 Å². The summed E-state index contributed by atoms with van der Waals surface area (Å²) in [6.07, 6.45) is 0.499. The van der Waals surface area contributed by atoms with E-state index < -0.39 is 5.97 Å². The minimum Gasteiger partial charge on any atom is -0.478 e. The molecule has 3 aromatic rings. The van der Waals surface area contributed by atoms with Crippen molar-refractivity contribution in [2.45, 2.75) is 50.7 Å². The average Bonchev–Trinajstić information content (AvgIpc) is 3.22. The van der Waals surface area contributed by atoms with Gasteiger partial charge in [0.1, 0.15) is 12.7 Å². The number of esters is 2. The Morgan fingerprint density at radius 1 is 0.757 bits per heavy atom. The molecule has 3 aromatic carbocycles. The molecule has 1 N–H and O–H groups in total. The maximum absolute atomic E-state index is 12.4. The molecule has 1 saturated heterocycles. The number of hydrogen-bond acceptors (Lipinski definition) is 6. The van der Waals surface area contributed by atoms with Crippen LogP contribution in [0.2, 0.25) is 0 Å². The Morgan fingerprint density at radius 2 is 1.19 bits per heavy atom. The second kappa shape index (κ2) is 13.1. The summed E-state index contributed by atoms with van der Waals surface area (Å²) >= 11 is 1.70. The van der Waals surface area contributed by atoms with Crippen LogP contribution >= 0.6 is 11.8 Å². The van der Waals surface area contributed by atoms with E-state index in [1.54, 1.807) is 60.3 Å². The van der Waals surface area contributed by atoms with Crippen LogP contribution in [0.5, 0.6) is 0 Å². The smallest absolute Gasteiger partial charge is 0.338 e. The molecular weight excluding hydrogens is 488 g/mol. The first-order valence-electron chi connectivity index (χ1n) is 12.1. The molecule has 194 valence electrons. The van der Waals surface area contributed by atoms with Crippen LogP contribution in [0.3, 0.4) is 0 Å². The average molecular weight is 521 g/mol. The normalized spacial score (nSPS) is 18.3. The second-order valence-electron chi connectivity index (χ2n) is 9.17. The highest BCUT2D eigenvalue weighted by molar-refractivity contribution is 8.00. The maximum Gasteiger partial charge on any atom is 0.338 e. The van der Waals surface area contributed by atoms with E-state index in [0.29, 0.717) is 21.9 Å². The fraction of sp³-hybridized carbons (Fsp3) is 0.300. The van der Waals surface area contributed by atoms with E-state index in [2.05, 4.69) is 6.92 Å². The van der Waals surface area contributed by atoms with E-state index in [-0.39, 0.29) is 29.9 Å². The van der Waals surface area contributed by atoms with Crippen molar-refractivity contribution in [1.82, 2.24) is 0 Å². The maximum atomic E-state index is 12.4. The van der Waals surface area contributed by atoms with Gasteiger partial charge in [-0.1, -0.05) is 60.0 Å². The number of carbonyl (C=O) groups excluding carboxylic acids is 2. The van der Waals surface area contributed by atoms with Gasteiger partial charge in [-0.2, -0.15) is 0 Å². The lowest BCUT2D eigenvalue weighted by Gasteiger charge is -2.19. The number of rotatable bonds is 6. The van der Waals surface area contributed by atoms with Crippen molar-refractivity contribution in [2.24, 2.45) is 0 Å². The lowest BCUT2D eigenvalue weighted by molar-refractivity contribution is 0.0213. The van der Waals surface area contributed by atoms with Crippen LogP contribution in [0, 0.1) is 20.8 Å². The summed E-state index contributed by atoms with van der Waals surface area (Å²) in [5.74, 6) is -1.55. The van der Waals surface area contributed by atoms with Gasteiger partial charge in [-0.25, -0.2) is 14.4 Å². The summed E-state index contributed by atoms with van der Waals surface area (Å²) in [4.78, 5) is 35.0. The molecule has 1 heterocycles. The molecule has 6 nitrogen and oxygen atoms in total. The fourth-order valence-electron chi connectivity index (χ4n) is 3.71. The Hall–Kier alpha value is -3.58. The van der Waals surface area contributed by atoms with E-state index in [1.165, 1.54) is 0 Å². The molecule has 2 unspecified atom stereocenters. The van der Waals surface area contributed by atoms with Crippen LogP contribution in [-0.4, -0.2) is 46.2 Å². The van der Waals surface area contributed by atoms with Gasteiger partial charge >= 0.3 is 17.9 Å². The van der Waals surface area contributed by atoms with Crippen molar-refractivity contribution in [3.05, 3.63) is 106 Å². The third-order valence-electron chi connectivity index (χ3n) is 5.90. The highest BCUT2D eigenvalue weighted by Gasteiger charge is 2.36. The third kappa shape index (κ3) is 8.50. The van der Waals surface area contributed by atoms with Gasteiger partial charge in [-0.05, 0) is 63.6 Å². The topological polar surface area (TPSA) is 89.9 Å². The van der Waals surface area contributed by atoms with E-state index in [0.717, 1.165) is 23.1 Å². The number of ether oxygens (including phenoxy) is 2. The van der Waals surface area contributed by atoms with Gasteiger partial charge in [0.15, 0.2) is 0 Å². The van der Waals surface area contributed by atoms with E-state index in [1.807, 2.05) is 45.0 Å². The molecule has 1 aliphatic heterocycles. The minimum absolute atomic E-state index is 0.0520. The quantitative estimate of drug-likeness (QED) is 0.383. The largest absolute Gasteiger partial charge is 0.478 e. The highest BCUT2D eigenvalue weighted by Crippen LogP contribution is 2.36. The molecule has 0 saturated carbocycles. The summed E-state index contributed by atoms with van der Waals surface area (Å²) in [5.41, 5.74) is 4.67. The fourth-order valence-corrected chi connectivity index (χ4v) is 5.10. The first-order chi connectivity index (χ1) is 17.6. The van der Waals surface area contributed by atoms with Crippen LogP contribution < -0.4 is 0 Å². The zero-order valence-electron chi connectivity index (χ0n) is 21.5. The Balaban J connectivity index is 0.000000319. The first-order valence-corrected chi connectivity index (χ1v) is 13.0. The summed E-state index contributed by atoms with van der Waals surface area (Å²) in [7, 11) is 0. The van der Waals surface area contributed by atoms with Crippen LogP contribution in [-0.2, 0) is 9.47 Å². The zero-order valence-corrected chi connectivity index (χ0v) is 22.3. The summed E-state index contributed by atoms with van der Waals surface area (Å²) < 4.78 is 11.2. The van der Waals surface area contributed by atoms with E-state index in [4.69, 9.17) is 14.6 Å². The Morgan fingerprint density at radius 3 is 1.65 bits per heavy atom. The Kier molecular flexibility index (Phi) is 9.92. The van der Waals surface area contributed by atoms with Crippen molar-refractivity contribution in [2.75, 3.05) is 6.61 Å². The summed E-state index contributed by atoms with van der Waals surface area (Å²) in [6.45, 7) is 8.19. The zero-order chi connectivity index (χ0) is 26.9. The molecule has 37 heavy (non-hydrogen) atoms. The number of hydrogen-bond donors (Lipinski definition) is 1. The number of carbonyl (C=O) groups is 3. The van der Waals surface area contributed by atoms with E-state index >= 15 is 0 Å². The van der Waals surface area contributed by atoms with Gasteiger partial charge in [-0.15, -0.1) is 11.8 Å². The molecule has 0 spiro atoms. The first kappa shape index (κ1) is 28.0. The van der Waals surface area contributed by atoms with E-state index in [9.17, 15) is 14.4 Å². The summed E-state index contributed by atoms with van der Waals surface area (Å²) in [6, 6.07) is 21.4. The highest BCUT2D eigenvalue weighted by atomic mass is 32.2. The lowest BCUT2D eigenvalue weighted by atomic mass is 10.1. The SMILES string of the molecule is Cc1ccc(C(=O)O)cc1.Cc1ccc(C(=O)OC[C@@H]2SC(C)CC2OC(=O)c2ccc(C)cc2)cc1. The Bertz CT molecular complexity index is 1200. The molecule has 1 aliphatic rings. The van der Waals surface area contributed by atoms with Crippen molar-refractivity contribution in [1.29, 1.82) is 0 Å². The van der Waals surface area contributed by atoms with Gasteiger partial charge in [-0.3, -0.25) is 0 Å². The van der Waals surface area contributed by atoms with Crippen LogP contribution in [0.1, 0.15) is 61.1 Å². The van der Waals surface area contributed by atoms with Crippen molar-refractivity contribution >= 4 is 29.7 Å². The number of benzene rings is 3. The molecule has 7 heteroatoms. The van der Waals surface area contributed by atoms with Crippen LogP contribution in [0.25, 0.3) is 0 Å². The molecule has 0 bridgehead atoms. The predicted octanol–water partition coefficient (Wildman–Crippen LogP) is 6.27. The second-order valence-corrected chi connectivity index (χ2v) is 10.8. The monoisotopic (exact) mass is 520 g/mol. The number of carboxylic acid groups (broad SMARTS) is 1. The Labute approximate surface area is 222 Å². The van der Waals surface area contributed by atoms with Crippen molar-refractivity contribution in [3.8, 4) is 0 Å². The molecule has 1 fully saturated rings. The predicted molar refractivity (Wildman–Crippen MR) is 145 cm³/mol. The number of aromatic carboxylic acids is 1. The van der Waals surface area contributed by atoms with Gasteiger partial charge in [0.05, 0.1) is 21.9 Å². The standard InChI is InChI=1S/C22H24O4S.C8H8O2/c1-14-4-8-17(9-5-14)21(23)25-13-20-19(12-16(3)27-20)26-22(24)18-10-6-15(2)7-11-18;1-6-2-4-7(5-3-6)8(9)10/h4-11,16,19-20H,12-13H2,1-3H3;2-5H,1H3,(H,9,10)/t16?,19?,20-;/m0./s1. The molecule has 0 amide bonds. The molecule has 0 aliphatic carbocycles. The molecule has 0 radical (unpaired) electrons. The van der Waals surface area contributed by atoms with Gasteiger partial charge in [0.25, 0.3) is 0 Å². The van der Waals surface area contributed by atoms with Crippen molar-refractivity contribution in [3.63, 3.8) is 0 Å². The van der Waals surface area contributed by atoms with Crippen molar-refractivity contribution < 1.29 is 29.0 Å². The third-order valence-corrected chi connectivity index (χ3v) is 7.34. The lowest BCUT2D eigenvalue weighted by Crippen LogP contribution is -2.29. The van der Waals surface area contributed by atoms with Gasteiger partial charge < -0.3 is 14.6 Å². The number of aryl methyl sites for hydroxylation is 3. The number of thioether (sulfide) groups is 1.